The number of fused-ring (bicyclic) bond motifs is 3. The highest BCUT2D eigenvalue weighted by Crippen LogP contribution is 2.40. The minimum absolute atomic E-state index is 0.152. The van der Waals surface area contributed by atoms with Crippen LogP contribution in [0.1, 0.15) is 17.2 Å². The van der Waals surface area contributed by atoms with Crippen molar-refractivity contribution in [1.82, 2.24) is 10.2 Å². The zero-order valence-electron chi connectivity index (χ0n) is 10.9. The van der Waals surface area contributed by atoms with Crippen molar-refractivity contribution in [2.24, 2.45) is 0 Å². The van der Waals surface area contributed by atoms with Gasteiger partial charge in [0.15, 0.2) is 6.23 Å². The Morgan fingerprint density at radius 1 is 1.26 bits per heavy atom. The van der Waals surface area contributed by atoms with Gasteiger partial charge in [-0.1, -0.05) is 24.3 Å². The number of carbonyl (C=O) groups is 1. The summed E-state index contributed by atoms with van der Waals surface area (Å²) in [4.78, 5) is 13.7. The Kier molecular flexibility index (Phi) is 3.00. The quantitative estimate of drug-likeness (QED) is 0.881. The molecule has 19 heavy (non-hydrogen) atoms. The third-order valence-corrected chi connectivity index (χ3v) is 3.58. The van der Waals surface area contributed by atoms with Crippen molar-refractivity contribution in [2.75, 3.05) is 20.8 Å². The number of benzene rings is 1. The van der Waals surface area contributed by atoms with Gasteiger partial charge in [0.2, 0.25) is 0 Å². The average Bonchev–Trinajstić information content (AvgIpc) is 2.46. The van der Waals surface area contributed by atoms with Crippen molar-refractivity contribution >= 4 is 11.7 Å². The number of hydrogen-bond acceptors (Lipinski definition) is 3. The fraction of sp³-hybridized carbons (Fsp3) is 0.357. The van der Waals surface area contributed by atoms with Crippen LogP contribution in [-0.2, 0) is 9.47 Å². The Labute approximate surface area is 111 Å². The second kappa shape index (κ2) is 4.68. The predicted molar refractivity (Wildman–Crippen MR) is 70.2 cm³/mol. The third-order valence-electron chi connectivity index (χ3n) is 3.58. The molecule has 1 aromatic carbocycles. The molecule has 0 bridgehead atoms. The maximum Gasteiger partial charge on any atom is 0.324 e. The monoisotopic (exact) mass is 260 g/mol. The molecule has 3 rings (SSSR count). The van der Waals surface area contributed by atoms with Crippen molar-refractivity contribution in [1.29, 1.82) is 0 Å². The molecule has 0 radical (unpaired) electrons. The summed E-state index contributed by atoms with van der Waals surface area (Å²) in [5.74, 6) is 0. The van der Waals surface area contributed by atoms with Crippen molar-refractivity contribution in [3.05, 3.63) is 41.5 Å². The molecule has 2 aliphatic rings. The number of urea groups is 1. The van der Waals surface area contributed by atoms with Gasteiger partial charge in [-0.25, -0.2) is 4.79 Å². The maximum absolute atomic E-state index is 12.1. The van der Waals surface area contributed by atoms with Crippen LogP contribution < -0.4 is 5.32 Å². The standard InChI is InChI=1S/C14H16N2O3/c1-18-12-10-6-4-3-5-9(10)11-7-8-15-14(17)16(11)13(12)19-2/h3-7,12-13H,8H2,1-2H3,(H,15,17). The largest absolute Gasteiger partial charge is 0.372 e. The lowest BCUT2D eigenvalue weighted by Gasteiger charge is -2.43. The van der Waals surface area contributed by atoms with E-state index in [4.69, 9.17) is 9.47 Å². The van der Waals surface area contributed by atoms with Gasteiger partial charge in [0.25, 0.3) is 0 Å². The average molecular weight is 260 g/mol. The number of ether oxygens (including phenoxy) is 2. The molecule has 100 valence electrons. The number of rotatable bonds is 2. The van der Waals surface area contributed by atoms with E-state index < -0.39 is 6.23 Å². The number of methoxy groups -OCH3 is 2. The molecule has 1 aromatic rings. The van der Waals surface area contributed by atoms with Crippen LogP contribution in [0.4, 0.5) is 4.79 Å². The molecular formula is C14H16N2O3. The summed E-state index contributed by atoms with van der Waals surface area (Å²) >= 11 is 0. The lowest BCUT2D eigenvalue weighted by Crippen LogP contribution is -2.53. The number of carbonyl (C=O) groups excluding carboxylic acids is 1. The number of amides is 2. The van der Waals surface area contributed by atoms with Gasteiger partial charge < -0.3 is 14.8 Å². The zero-order valence-corrected chi connectivity index (χ0v) is 10.9. The molecule has 5 heteroatoms. The molecule has 5 nitrogen and oxygen atoms in total. The number of nitrogens with one attached hydrogen (secondary N) is 1. The number of nitrogens with zero attached hydrogens (tertiary/aromatic N) is 1. The lowest BCUT2D eigenvalue weighted by molar-refractivity contribution is -0.0919. The third kappa shape index (κ3) is 1.74. The second-order valence-corrected chi connectivity index (χ2v) is 4.52. The highest BCUT2D eigenvalue weighted by atomic mass is 16.5. The van der Waals surface area contributed by atoms with E-state index in [0.717, 1.165) is 16.8 Å². The first-order chi connectivity index (χ1) is 9.27. The Bertz CT molecular complexity index is 541. The van der Waals surface area contributed by atoms with Crippen molar-refractivity contribution in [3.8, 4) is 0 Å². The van der Waals surface area contributed by atoms with Crippen LogP contribution >= 0.6 is 0 Å². The summed E-state index contributed by atoms with van der Waals surface area (Å²) in [5.41, 5.74) is 2.96. The van der Waals surface area contributed by atoms with E-state index in [-0.39, 0.29) is 12.1 Å². The first-order valence-corrected chi connectivity index (χ1v) is 6.20. The predicted octanol–water partition coefficient (Wildman–Crippen LogP) is 1.73. The number of hydrogen-bond donors (Lipinski definition) is 1. The van der Waals surface area contributed by atoms with Gasteiger partial charge in [0, 0.05) is 26.3 Å². The molecule has 0 saturated carbocycles. The van der Waals surface area contributed by atoms with Crippen molar-refractivity contribution < 1.29 is 14.3 Å². The van der Waals surface area contributed by atoms with E-state index in [1.54, 1.807) is 19.1 Å². The highest BCUT2D eigenvalue weighted by molar-refractivity contribution is 5.90. The molecule has 2 aliphatic heterocycles. The topological polar surface area (TPSA) is 50.8 Å². The van der Waals surface area contributed by atoms with Gasteiger partial charge in [0.1, 0.15) is 6.10 Å². The van der Waals surface area contributed by atoms with E-state index in [0.29, 0.717) is 6.54 Å². The van der Waals surface area contributed by atoms with Crippen LogP contribution in [0.25, 0.3) is 5.70 Å². The van der Waals surface area contributed by atoms with E-state index >= 15 is 0 Å². The summed E-state index contributed by atoms with van der Waals surface area (Å²) in [6.45, 7) is 0.535. The zero-order chi connectivity index (χ0) is 13.4. The van der Waals surface area contributed by atoms with E-state index in [1.807, 2.05) is 30.3 Å². The van der Waals surface area contributed by atoms with Gasteiger partial charge in [-0.05, 0) is 11.6 Å². The molecule has 2 atom stereocenters. The van der Waals surface area contributed by atoms with Crippen LogP contribution in [0.15, 0.2) is 30.3 Å². The smallest absolute Gasteiger partial charge is 0.324 e. The Morgan fingerprint density at radius 3 is 2.79 bits per heavy atom. The Balaban J connectivity index is 2.20. The van der Waals surface area contributed by atoms with Crippen LogP contribution in [-0.4, -0.2) is 37.9 Å². The molecule has 0 spiro atoms. The van der Waals surface area contributed by atoms with Crippen molar-refractivity contribution in [2.45, 2.75) is 12.3 Å². The Morgan fingerprint density at radius 2 is 2.05 bits per heavy atom. The minimum Gasteiger partial charge on any atom is -0.372 e. The van der Waals surface area contributed by atoms with Crippen LogP contribution in [0.5, 0.6) is 0 Å². The van der Waals surface area contributed by atoms with Crippen LogP contribution in [0.2, 0.25) is 0 Å². The van der Waals surface area contributed by atoms with E-state index in [9.17, 15) is 4.79 Å². The molecule has 2 amide bonds. The van der Waals surface area contributed by atoms with E-state index in [2.05, 4.69) is 5.32 Å². The summed E-state index contributed by atoms with van der Waals surface area (Å²) in [5, 5.41) is 2.80. The van der Waals surface area contributed by atoms with Gasteiger partial charge in [-0.15, -0.1) is 0 Å². The minimum atomic E-state index is -0.452. The van der Waals surface area contributed by atoms with Crippen LogP contribution in [0.3, 0.4) is 0 Å². The fourth-order valence-corrected chi connectivity index (χ4v) is 2.76. The second-order valence-electron chi connectivity index (χ2n) is 4.52. The first-order valence-electron chi connectivity index (χ1n) is 6.20. The maximum atomic E-state index is 12.1. The van der Waals surface area contributed by atoms with Crippen molar-refractivity contribution in [3.63, 3.8) is 0 Å². The molecule has 0 fully saturated rings. The summed E-state index contributed by atoms with van der Waals surface area (Å²) < 4.78 is 11.0. The normalized spacial score (nSPS) is 25.3. The fourth-order valence-electron chi connectivity index (χ4n) is 2.76. The molecule has 0 saturated heterocycles. The van der Waals surface area contributed by atoms with E-state index in [1.165, 1.54) is 0 Å². The highest BCUT2D eigenvalue weighted by Gasteiger charge is 2.42. The molecule has 0 aliphatic carbocycles. The first kappa shape index (κ1) is 12.2. The Hall–Kier alpha value is -1.85. The van der Waals surface area contributed by atoms with Gasteiger partial charge in [0.05, 0.1) is 5.70 Å². The summed E-state index contributed by atoms with van der Waals surface area (Å²) in [7, 11) is 3.22. The molecule has 0 aromatic heterocycles. The molecular weight excluding hydrogens is 244 g/mol. The molecule has 2 unspecified atom stereocenters. The summed E-state index contributed by atoms with van der Waals surface area (Å²) in [6, 6.07) is 7.80. The van der Waals surface area contributed by atoms with Gasteiger partial charge in [-0.2, -0.15) is 0 Å². The van der Waals surface area contributed by atoms with Gasteiger partial charge >= 0.3 is 6.03 Å². The lowest BCUT2D eigenvalue weighted by atomic mass is 9.92. The molecule has 1 N–H and O–H groups in total. The van der Waals surface area contributed by atoms with Gasteiger partial charge in [-0.3, -0.25) is 4.90 Å². The van der Waals surface area contributed by atoms with Crippen LogP contribution in [0, 0.1) is 0 Å². The summed E-state index contributed by atoms with van der Waals surface area (Å²) in [6.07, 6.45) is 1.26. The molecule has 2 heterocycles. The SMILES string of the molecule is COC1c2ccccc2C2=CCNC(=O)N2C1OC.